The SMILES string of the molecule is CC(=O)Oc1ccc(C(=O)COC(=O)c2ccc3c(c2)C(=O)N(c2ccc(C)cc2[N+](=O)[O-])C3=O)cc1. The number of esters is 2. The van der Waals surface area contributed by atoms with Crippen LogP contribution in [0.25, 0.3) is 0 Å². The van der Waals surface area contributed by atoms with E-state index in [4.69, 9.17) is 9.47 Å². The Morgan fingerprint density at radius 3 is 2.19 bits per heavy atom. The van der Waals surface area contributed by atoms with Crippen LogP contribution in [0.1, 0.15) is 53.9 Å². The van der Waals surface area contributed by atoms with E-state index in [2.05, 4.69) is 0 Å². The number of ether oxygens (including phenoxy) is 2. The number of anilines is 1. The molecule has 11 nitrogen and oxygen atoms in total. The molecular formula is C26H18N2O9. The lowest BCUT2D eigenvalue weighted by Gasteiger charge is -2.14. The highest BCUT2D eigenvalue weighted by molar-refractivity contribution is 6.35. The molecule has 0 saturated heterocycles. The van der Waals surface area contributed by atoms with E-state index in [1.165, 1.54) is 61.5 Å². The Balaban J connectivity index is 1.49. The molecule has 0 bridgehead atoms. The van der Waals surface area contributed by atoms with Crippen LogP contribution in [-0.2, 0) is 9.53 Å². The number of rotatable bonds is 7. The number of nitrogens with zero attached hydrogens (tertiary/aromatic N) is 2. The second kappa shape index (κ2) is 9.82. The summed E-state index contributed by atoms with van der Waals surface area (Å²) in [5, 5.41) is 11.5. The number of aryl methyl sites for hydroxylation is 1. The van der Waals surface area contributed by atoms with Crippen LogP contribution in [0.2, 0.25) is 0 Å². The Morgan fingerprint density at radius 1 is 0.892 bits per heavy atom. The van der Waals surface area contributed by atoms with Crippen molar-refractivity contribution in [3.63, 3.8) is 0 Å². The maximum Gasteiger partial charge on any atom is 0.338 e. The lowest BCUT2D eigenvalue weighted by Crippen LogP contribution is -2.30. The molecule has 1 aliphatic heterocycles. The van der Waals surface area contributed by atoms with Crippen LogP contribution in [0.4, 0.5) is 11.4 Å². The normalized spacial score (nSPS) is 12.2. The summed E-state index contributed by atoms with van der Waals surface area (Å²) >= 11 is 0. The van der Waals surface area contributed by atoms with E-state index in [1.54, 1.807) is 6.92 Å². The van der Waals surface area contributed by atoms with Crippen LogP contribution in [0.3, 0.4) is 0 Å². The zero-order chi connectivity index (χ0) is 26.9. The van der Waals surface area contributed by atoms with Crippen molar-refractivity contribution in [3.8, 4) is 5.75 Å². The highest BCUT2D eigenvalue weighted by Crippen LogP contribution is 2.35. The molecule has 0 aliphatic carbocycles. The van der Waals surface area contributed by atoms with Gasteiger partial charge in [0.25, 0.3) is 17.5 Å². The van der Waals surface area contributed by atoms with E-state index in [-0.39, 0.29) is 33.7 Å². The van der Waals surface area contributed by atoms with Gasteiger partial charge in [0.1, 0.15) is 11.4 Å². The van der Waals surface area contributed by atoms with E-state index in [0.717, 1.165) is 6.07 Å². The average Bonchev–Trinajstić information content (AvgIpc) is 3.11. The third-order valence-electron chi connectivity index (χ3n) is 5.46. The van der Waals surface area contributed by atoms with Crippen molar-refractivity contribution in [2.45, 2.75) is 13.8 Å². The number of fused-ring (bicyclic) bond motifs is 1. The molecule has 0 fully saturated rings. The minimum absolute atomic E-state index is 0.0274. The third kappa shape index (κ3) is 4.96. The number of carbonyl (C=O) groups excluding carboxylic acids is 5. The van der Waals surface area contributed by atoms with E-state index in [0.29, 0.717) is 10.5 Å². The molecule has 0 saturated carbocycles. The number of carbonyl (C=O) groups is 5. The highest BCUT2D eigenvalue weighted by atomic mass is 16.6. The van der Waals surface area contributed by atoms with Crippen LogP contribution in [0.5, 0.6) is 5.75 Å². The van der Waals surface area contributed by atoms with Gasteiger partial charge in [0.15, 0.2) is 12.4 Å². The molecule has 1 aliphatic rings. The standard InChI is InChI=1S/C26H18N2O9/c1-14-3-10-21(22(11-14)28(34)35)27-24(31)19-9-6-17(12-20(19)25(27)32)26(33)36-13-23(30)16-4-7-18(8-5-16)37-15(2)29/h3-12H,13H2,1-2H3. The van der Waals surface area contributed by atoms with Crippen LogP contribution in [0.15, 0.2) is 60.7 Å². The first-order chi connectivity index (χ1) is 17.6. The Morgan fingerprint density at radius 2 is 1.54 bits per heavy atom. The fourth-order valence-corrected chi connectivity index (χ4v) is 3.73. The number of imide groups is 1. The van der Waals surface area contributed by atoms with Gasteiger partial charge in [0, 0.05) is 18.6 Å². The molecule has 11 heteroatoms. The number of benzene rings is 3. The largest absolute Gasteiger partial charge is 0.454 e. The zero-order valence-electron chi connectivity index (χ0n) is 19.5. The van der Waals surface area contributed by atoms with Gasteiger partial charge in [0.2, 0.25) is 0 Å². The van der Waals surface area contributed by atoms with Gasteiger partial charge < -0.3 is 9.47 Å². The fraction of sp³-hybridized carbons (Fsp3) is 0.115. The van der Waals surface area contributed by atoms with Crippen LogP contribution < -0.4 is 9.64 Å². The molecule has 2 amide bonds. The third-order valence-corrected chi connectivity index (χ3v) is 5.46. The number of ketones is 1. The van der Waals surface area contributed by atoms with Gasteiger partial charge in [-0.3, -0.25) is 29.3 Å². The van der Waals surface area contributed by atoms with E-state index >= 15 is 0 Å². The van der Waals surface area contributed by atoms with Crippen molar-refractivity contribution >= 4 is 40.9 Å². The predicted molar refractivity (Wildman–Crippen MR) is 128 cm³/mol. The molecule has 3 aromatic rings. The maximum atomic E-state index is 13.0. The molecule has 0 atom stereocenters. The Labute approximate surface area is 209 Å². The Bertz CT molecular complexity index is 1490. The summed E-state index contributed by atoms with van der Waals surface area (Å²) in [7, 11) is 0. The Hall–Kier alpha value is -5.19. The lowest BCUT2D eigenvalue weighted by atomic mass is 10.1. The van der Waals surface area contributed by atoms with E-state index in [1.807, 2.05) is 0 Å². The molecule has 0 radical (unpaired) electrons. The number of hydrogen-bond donors (Lipinski definition) is 0. The predicted octanol–water partition coefficient (Wildman–Crippen LogP) is 3.67. The quantitative estimate of drug-likeness (QED) is 0.118. The Kier molecular flexibility index (Phi) is 6.61. The van der Waals surface area contributed by atoms with Gasteiger partial charge in [0.05, 0.1) is 21.6 Å². The number of amides is 2. The molecule has 4 rings (SSSR count). The van der Waals surface area contributed by atoms with Gasteiger partial charge in [-0.2, -0.15) is 0 Å². The van der Waals surface area contributed by atoms with Crippen molar-refractivity contribution in [1.82, 2.24) is 0 Å². The lowest BCUT2D eigenvalue weighted by molar-refractivity contribution is -0.384. The second-order valence-electron chi connectivity index (χ2n) is 8.07. The molecule has 1 heterocycles. The van der Waals surface area contributed by atoms with E-state index in [9.17, 15) is 34.1 Å². The molecule has 0 N–H and O–H groups in total. The van der Waals surface area contributed by atoms with Gasteiger partial charge in [-0.15, -0.1) is 0 Å². The molecule has 0 unspecified atom stereocenters. The first-order valence-corrected chi connectivity index (χ1v) is 10.8. The summed E-state index contributed by atoms with van der Waals surface area (Å²) in [4.78, 5) is 73.3. The first-order valence-electron chi connectivity index (χ1n) is 10.8. The van der Waals surface area contributed by atoms with Crippen molar-refractivity contribution in [2.24, 2.45) is 0 Å². The average molecular weight is 502 g/mol. The number of nitro groups is 1. The van der Waals surface area contributed by atoms with Crippen molar-refractivity contribution in [1.29, 1.82) is 0 Å². The van der Waals surface area contributed by atoms with Crippen LogP contribution >= 0.6 is 0 Å². The topological polar surface area (TPSA) is 150 Å². The molecular weight excluding hydrogens is 484 g/mol. The fourth-order valence-electron chi connectivity index (χ4n) is 3.73. The van der Waals surface area contributed by atoms with Crippen LogP contribution in [0, 0.1) is 17.0 Å². The molecule has 37 heavy (non-hydrogen) atoms. The first kappa shape index (κ1) is 24.9. The van der Waals surface area contributed by atoms with Crippen molar-refractivity contribution in [2.75, 3.05) is 11.5 Å². The van der Waals surface area contributed by atoms with Gasteiger partial charge in [-0.05, 0) is 61.0 Å². The second-order valence-corrected chi connectivity index (χ2v) is 8.07. The number of Topliss-reactive ketones (excluding diaryl/α,β-unsaturated/α-hetero) is 1. The van der Waals surface area contributed by atoms with E-state index < -0.39 is 46.8 Å². The van der Waals surface area contributed by atoms with Gasteiger partial charge in [-0.1, -0.05) is 6.07 Å². The summed E-state index contributed by atoms with van der Waals surface area (Å²) in [6.45, 7) is 2.28. The monoisotopic (exact) mass is 502 g/mol. The molecule has 186 valence electrons. The summed E-state index contributed by atoms with van der Waals surface area (Å²) in [6, 6.07) is 13.4. The van der Waals surface area contributed by atoms with Crippen molar-refractivity contribution < 1.29 is 38.4 Å². The van der Waals surface area contributed by atoms with Crippen LogP contribution in [-0.4, -0.2) is 41.1 Å². The minimum Gasteiger partial charge on any atom is -0.454 e. The maximum absolute atomic E-state index is 13.0. The molecule has 0 spiro atoms. The summed E-state index contributed by atoms with van der Waals surface area (Å²) in [5.41, 5.74) is -0.0363. The number of hydrogen-bond acceptors (Lipinski definition) is 9. The molecule has 3 aromatic carbocycles. The highest BCUT2D eigenvalue weighted by Gasteiger charge is 2.40. The zero-order valence-corrected chi connectivity index (χ0v) is 19.5. The van der Waals surface area contributed by atoms with Gasteiger partial charge >= 0.3 is 11.9 Å². The number of nitro benzene ring substituents is 1. The minimum atomic E-state index is -0.910. The van der Waals surface area contributed by atoms with Crippen molar-refractivity contribution in [3.05, 3.63) is 98.6 Å². The smallest absolute Gasteiger partial charge is 0.338 e. The summed E-state index contributed by atoms with van der Waals surface area (Å²) in [5.74, 6) is -3.28. The molecule has 0 aromatic heterocycles. The summed E-state index contributed by atoms with van der Waals surface area (Å²) < 4.78 is 9.96. The van der Waals surface area contributed by atoms with Gasteiger partial charge in [-0.25, -0.2) is 9.69 Å². The summed E-state index contributed by atoms with van der Waals surface area (Å²) in [6.07, 6.45) is 0.